The number of thioether (sulfide) groups is 1. The van der Waals surface area contributed by atoms with Crippen molar-refractivity contribution in [2.45, 2.75) is 13.2 Å². The van der Waals surface area contributed by atoms with Gasteiger partial charge in [0.05, 0.1) is 28.4 Å². The van der Waals surface area contributed by atoms with Gasteiger partial charge < -0.3 is 9.47 Å². The summed E-state index contributed by atoms with van der Waals surface area (Å²) in [7, 11) is 1.46. The van der Waals surface area contributed by atoms with Crippen LogP contribution < -0.4 is 9.47 Å². The van der Waals surface area contributed by atoms with Crippen molar-refractivity contribution in [1.82, 2.24) is 4.90 Å². The van der Waals surface area contributed by atoms with E-state index in [1.165, 1.54) is 43.5 Å². The van der Waals surface area contributed by atoms with Crippen molar-refractivity contribution < 1.29 is 28.9 Å². The van der Waals surface area contributed by atoms with Gasteiger partial charge in [0.1, 0.15) is 6.61 Å². The zero-order valence-corrected chi connectivity index (χ0v) is 20.2. The molecule has 37 heavy (non-hydrogen) atoms. The molecule has 1 fully saturated rings. The van der Waals surface area contributed by atoms with E-state index in [0.717, 1.165) is 16.7 Å². The van der Waals surface area contributed by atoms with Crippen molar-refractivity contribution in [3.8, 4) is 11.5 Å². The smallest absolute Gasteiger partial charge is 0.293 e. The first kappa shape index (κ1) is 25.4. The summed E-state index contributed by atoms with van der Waals surface area (Å²) in [5.41, 5.74) is 1.68. The van der Waals surface area contributed by atoms with Gasteiger partial charge in [0.15, 0.2) is 11.5 Å². The Morgan fingerprint density at radius 1 is 0.892 bits per heavy atom. The van der Waals surface area contributed by atoms with Gasteiger partial charge in [-0.3, -0.25) is 34.7 Å². The van der Waals surface area contributed by atoms with E-state index in [0.29, 0.717) is 28.2 Å². The number of benzene rings is 3. The lowest BCUT2D eigenvalue weighted by Gasteiger charge is -2.12. The molecular formula is C25H19N3O8S. The first-order chi connectivity index (χ1) is 17.7. The maximum Gasteiger partial charge on any atom is 0.293 e. The van der Waals surface area contributed by atoms with Gasteiger partial charge >= 0.3 is 0 Å². The zero-order chi connectivity index (χ0) is 26.5. The SMILES string of the molecule is COc1cc(C=C2SC(=O)N(Cc3ccc([N+](=O)[O-])cc3)C2=O)ccc1OCc1cccc([N+](=O)[O-])c1. The van der Waals surface area contributed by atoms with Crippen molar-refractivity contribution in [1.29, 1.82) is 0 Å². The minimum absolute atomic E-state index is 0.00620. The quantitative estimate of drug-likeness (QED) is 0.207. The molecule has 0 unspecified atom stereocenters. The summed E-state index contributed by atoms with van der Waals surface area (Å²) in [4.78, 5) is 47.4. The highest BCUT2D eigenvalue weighted by Crippen LogP contribution is 2.35. The lowest BCUT2D eigenvalue weighted by molar-refractivity contribution is -0.385. The minimum atomic E-state index is -0.523. The molecule has 0 aromatic heterocycles. The standard InChI is InChI=1S/C25H19N3O8S/c1-35-22-12-17(7-10-21(22)36-15-18-3-2-4-20(11-18)28(33)34)13-23-24(29)26(25(30)37-23)14-16-5-8-19(9-6-16)27(31)32/h2-13H,14-15H2,1H3. The van der Waals surface area contributed by atoms with E-state index in [-0.39, 0.29) is 29.4 Å². The molecule has 2 amide bonds. The second-order valence-electron chi connectivity index (χ2n) is 7.82. The van der Waals surface area contributed by atoms with Crippen molar-refractivity contribution in [3.05, 3.63) is 109 Å². The topological polar surface area (TPSA) is 142 Å². The van der Waals surface area contributed by atoms with E-state index in [1.54, 1.807) is 36.4 Å². The van der Waals surface area contributed by atoms with Crippen LogP contribution >= 0.6 is 11.8 Å². The fourth-order valence-electron chi connectivity index (χ4n) is 3.51. The first-order valence-corrected chi connectivity index (χ1v) is 11.6. The van der Waals surface area contributed by atoms with Crippen LogP contribution in [-0.4, -0.2) is 33.0 Å². The largest absolute Gasteiger partial charge is 0.493 e. The number of ether oxygens (including phenoxy) is 2. The van der Waals surface area contributed by atoms with Crippen LogP contribution in [-0.2, 0) is 17.9 Å². The van der Waals surface area contributed by atoms with E-state index in [4.69, 9.17) is 9.47 Å². The van der Waals surface area contributed by atoms with E-state index in [2.05, 4.69) is 0 Å². The second-order valence-corrected chi connectivity index (χ2v) is 8.81. The Bertz CT molecular complexity index is 1420. The number of carbonyl (C=O) groups is 2. The number of hydrogen-bond acceptors (Lipinski definition) is 9. The number of non-ortho nitro benzene ring substituents is 2. The summed E-state index contributed by atoms with van der Waals surface area (Å²) in [6.07, 6.45) is 1.56. The molecule has 0 aliphatic carbocycles. The third-order valence-corrected chi connectivity index (χ3v) is 6.27. The Kier molecular flexibility index (Phi) is 7.49. The number of methoxy groups -OCH3 is 1. The fraction of sp³-hybridized carbons (Fsp3) is 0.120. The molecule has 1 aliphatic rings. The zero-order valence-electron chi connectivity index (χ0n) is 19.4. The van der Waals surface area contributed by atoms with Crippen LogP contribution in [0.3, 0.4) is 0 Å². The Labute approximate surface area is 214 Å². The molecule has 0 spiro atoms. The molecule has 1 aliphatic heterocycles. The Hall–Kier alpha value is -4.71. The van der Waals surface area contributed by atoms with Crippen molar-refractivity contribution >= 4 is 40.4 Å². The Balaban J connectivity index is 1.46. The van der Waals surface area contributed by atoms with E-state index in [1.807, 2.05) is 0 Å². The third kappa shape index (κ3) is 5.93. The van der Waals surface area contributed by atoms with Gasteiger partial charge in [0.2, 0.25) is 0 Å². The van der Waals surface area contributed by atoms with Gasteiger partial charge in [-0.1, -0.05) is 30.3 Å². The van der Waals surface area contributed by atoms with E-state index in [9.17, 15) is 29.8 Å². The van der Waals surface area contributed by atoms with Crippen LogP contribution in [0.4, 0.5) is 16.2 Å². The van der Waals surface area contributed by atoms with Crippen molar-refractivity contribution in [2.24, 2.45) is 0 Å². The van der Waals surface area contributed by atoms with Gasteiger partial charge in [-0.05, 0) is 46.7 Å². The fourth-order valence-corrected chi connectivity index (χ4v) is 4.35. The molecule has 1 saturated heterocycles. The monoisotopic (exact) mass is 521 g/mol. The molecule has 1 heterocycles. The molecule has 4 rings (SSSR count). The molecule has 0 radical (unpaired) electrons. The highest BCUT2D eigenvalue weighted by molar-refractivity contribution is 8.18. The predicted molar refractivity (Wildman–Crippen MR) is 135 cm³/mol. The predicted octanol–water partition coefficient (Wildman–Crippen LogP) is 5.33. The molecule has 0 N–H and O–H groups in total. The van der Waals surface area contributed by atoms with Crippen LogP contribution in [0.25, 0.3) is 6.08 Å². The third-order valence-electron chi connectivity index (χ3n) is 5.36. The Morgan fingerprint density at radius 3 is 2.30 bits per heavy atom. The highest BCUT2D eigenvalue weighted by Gasteiger charge is 2.35. The van der Waals surface area contributed by atoms with Crippen LogP contribution in [0, 0.1) is 20.2 Å². The minimum Gasteiger partial charge on any atom is -0.493 e. The average Bonchev–Trinajstić information content (AvgIpc) is 3.15. The van der Waals surface area contributed by atoms with Crippen molar-refractivity contribution in [2.75, 3.05) is 7.11 Å². The molecular weight excluding hydrogens is 502 g/mol. The number of hydrogen-bond donors (Lipinski definition) is 0. The summed E-state index contributed by atoms with van der Waals surface area (Å²) in [5, 5.41) is 21.3. The number of rotatable bonds is 9. The molecule has 0 atom stereocenters. The van der Waals surface area contributed by atoms with Crippen molar-refractivity contribution in [3.63, 3.8) is 0 Å². The second kappa shape index (κ2) is 10.9. The number of nitro groups is 2. The average molecular weight is 522 g/mol. The van der Waals surface area contributed by atoms with E-state index < -0.39 is 21.0 Å². The molecule has 0 bridgehead atoms. The van der Waals surface area contributed by atoms with Crippen LogP contribution in [0.1, 0.15) is 16.7 Å². The van der Waals surface area contributed by atoms with Crippen LogP contribution in [0.2, 0.25) is 0 Å². The molecule has 188 valence electrons. The molecule has 11 nitrogen and oxygen atoms in total. The highest BCUT2D eigenvalue weighted by atomic mass is 32.2. The molecule has 3 aromatic carbocycles. The maximum atomic E-state index is 12.9. The summed E-state index contributed by atoms with van der Waals surface area (Å²) >= 11 is 0.796. The van der Waals surface area contributed by atoms with Gasteiger partial charge in [0.25, 0.3) is 22.5 Å². The Morgan fingerprint density at radius 2 is 1.62 bits per heavy atom. The number of imide groups is 1. The number of nitro benzene ring substituents is 2. The number of nitrogens with zero attached hydrogens (tertiary/aromatic N) is 3. The van der Waals surface area contributed by atoms with Gasteiger partial charge in [-0.2, -0.15) is 0 Å². The number of carbonyl (C=O) groups excluding carboxylic acids is 2. The van der Waals surface area contributed by atoms with E-state index >= 15 is 0 Å². The molecule has 3 aromatic rings. The summed E-state index contributed by atoms with van der Waals surface area (Å²) < 4.78 is 11.2. The molecule has 12 heteroatoms. The van der Waals surface area contributed by atoms with Gasteiger partial charge in [-0.25, -0.2) is 0 Å². The lowest BCUT2D eigenvalue weighted by Crippen LogP contribution is -2.27. The lowest BCUT2D eigenvalue weighted by atomic mass is 10.1. The summed E-state index contributed by atoms with van der Waals surface area (Å²) in [5.74, 6) is 0.306. The summed E-state index contributed by atoms with van der Waals surface area (Å²) in [6.45, 7) is 0.0761. The van der Waals surface area contributed by atoms with Gasteiger partial charge in [-0.15, -0.1) is 0 Å². The normalized spacial score (nSPS) is 14.2. The molecule has 0 saturated carbocycles. The van der Waals surface area contributed by atoms with Crippen LogP contribution in [0.5, 0.6) is 11.5 Å². The number of amides is 2. The maximum absolute atomic E-state index is 12.9. The first-order valence-electron chi connectivity index (χ1n) is 10.8. The van der Waals surface area contributed by atoms with Crippen LogP contribution in [0.15, 0.2) is 71.6 Å². The summed E-state index contributed by atoms with van der Waals surface area (Å²) in [6, 6.07) is 16.7. The van der Waals surface area contributed by atoms with Gasteiger partial charge in [0, 0.05) is 24.3 Å².